The predicted molar refractivity (Wildman–Crippen MR) is 37.9 cm³/mol. The Hall–Kier alpha value is -1.29. The number of hydrogen-bond donors (Lipinski definition) is 2. The van der Waals surface area contributed by atoms with Crippen LogP contribution < -0.4 is 5.73 Å². The first-order chi connectivity index (χ1) is 5.22. The fraction of sp³-hybridized carbons (Fsp3) is 0.286. The summed E-state index contributed by atoms with van der Waals surface area (Å²) in [4.78, 5) is 10.2. The van der Waals surface area contributed by atoms with Crippen molar-refractivity contribution in [2.45, 2.75) is 13.0 Å². The van der Waals surface area contributed by atoms with E-state index in [0.717, 1.165) is 5.56 Å². The molecule has 1 aromatic heterocycles. The summed E-state index contributed by atoms with van der Waals surface area (Å²) in [5.41, 5.74) is 6.11. The second-order valence-corrected chi connectivity index (χ2v) is 2.20. The highest BCUT2D eigenvalue weighted by Gasteiger charge is 2.04. The molecule has 0 spiro atoms. The first-order valence-corrected chi connectivity index (χ1v) is 3.20. The van der Waals surface area contributed by atoms with E-state index in [2.05, 4.69) is 0 Å². The van der Waals surface area contributed by atoms with Gasteiger partial charge in [-0.15, -0.1) is 0 Å². The van der Waals surface area contributed by atoms with Crippen LogP contribution in [0, 0.1) is 0 Å². The monoisotopic (exact) mass is 155 g/mol. The van der Waals surface area contributed by atoms with E-state index in [1.54, 1.807) is 6.07 Å². The molecule has 0 atom stereocenters. The summed E-state index contributed by atoms with van der Waals surface area (Å²) >= 11 is 0. The Morgan fingerprint density at radius 2 is 2.45 bits per heavy atom. The maximum atomic E-state index is 10.2. The van der Waals surface area contributed by atoms with Crippen molar-refractivity contribution in [1.29, 1.82) is 0 Å². The third-order valence-electron chi connectivity index (χ3n) is 1.27. The summed E-state index contributed by atoms with van der Waals surface area (Å²) in [6.45, 7) is 0.378. The van der Waals surface area contributed by atoms with Crippen LogP contribution in [0.2, 0.25) is 0 Å². The zero-order chi connectivity index (χ0) is 8.27. The van der Waals surface area contributed by atoms with E-state index in [9.17, 15) is 4.79 Å². The summed E-state index contributed by atoms with van der Waals surface area (Å²) in [5, 5.41) is 8.36. The van der Waals surface area contributed by atoms with E-state index in [1.165, 1.54) is 6.26 Å². The van der Waals surface area contributed by atoms with Gasteiger partial charge < -0.3 is 15.3 Å². The van der Waals surface area contributed by atoms with Crippen molar-refractivity contribution in [3.8, 4) is 0 Å². The highest BCUT2D eigenvalue weighted by Crippen LogP contribution is 2.07. The zero-order valence-electron chi connectivity index (χ0n) is 5.91. The Balaban J connectivity index is 2.65. The molecular weight excluding hydrogens is 146 g/mol. The summed E-state index contributed by atoms with van der Waals surface area (Å²) in [6.07, 6.45) is 1.39. The molecule has 0 aliphatic heterocycles. The van der Waals surface area contributed by atoms with Crippen LogP contribution >= 0.6 is 0 Å². The molecule has 1 rings (SSSR count). The molecule has 0 amide bonds. The van der Waals surface area contributed by atoms with Gasteiger partial charge in [0.05, 0.1) is 6.26 Å². The molecule has 3 N–H and O–H groups in total. The van der Waals surface area contributed by atoms with Gasteiger partial charge in [0.2, 0.25) is 0 Å². The Morgan fingerprint density at radius 1 is 1.73 bits per heavy atom. The average Bonchev–Trinajstić information content (AvgIpc) is 2.34. The molecule has 4 nitrogen and oxygen atoms in total. The molecule has 0 aromatic carbocycles. The first-order valence-electron chi connectivity index (χ1n) is 3.20. The second-order valence-electron chi connectivity index (χ2n) is 2.20. The predicted octanol–water partition coefficient (Wildman–Crippen LogP) is 0.365. The van der Waals surface area contributed by atoms with Gasteiger partial charge in [-0.25, -0.2) is 0 Å². The lowest BCUT2D eigenvalue weighted by Gasteiger charge is -1.86. The molecule has 0 saturated heterocycles. The van der Waals surface area contributed by atoms with Crippen molar-refractivity contribution >= 4 is 5.97 Å². The van der Waals surface area contributed by atoms with Crippen molar-refractivity contribution in [2.24, 2.45) is 5.73 Å². The van der Waals surface area contributed by atoms with E-state index in [1.807, 2.05) is 0 Å². The quantitative estimate of drug-likeness (QED) is 0.660. The number of rotatable bonds is 3. The number of hydrogen-bond acceptors (Lipinski definition) is 3. The summed E-state index contributed by atoms with van der Waals surface area (Å²) in [5.74, 6) is -0.458. The number of carboxylic acid groups (broad SMARTS) is 1. The smallest absolute Gasteiger partial charge is 0.311 e. The Morgan fingerprint density at radius 3 is 2.91 bits per heavy atom. The summed E-state index contributed by atoms with van der Waals surface area (Å²) < 4.78 is 4.91. The summed E-state index contributed by atoms with van der Waals surface area (Å²) in [7, 11) is 0. The van der Waals surface area contributed by atoms with Crippen molar-refractivity contribution in [3.05, 3.63) is 23.7 Å². The average molecular weight is 155 g/mol. The van der Waals surface area contributed by atoms with Gasteiger partial charge in [-0.2, -0.15) is 0 Å². The molecule has 0 saturated carbocycles. The fourth-order valence-electron chi connectivity index (χ4n) is 0.775. The molecule has 1 aromatic rings. The Bertz CT molecular complexity index is 254. The Labute approximate surface area is 63.6 Å². The minimum atomic E-state index is -0.900. The molecule has 4 heteroatoms. The first kappa shape index (κ1) is 7.81. The van der Waals surface area contributed by atoms with Gasteiger partial charge in [0.15, 0.2) is 0 Å². The van der Waals surface area contributed by atoms with Crippen LogP contribution in [-0.4, -0.2) is 11.1 Å². The highest BCUT2D eigenvalue weighted by atomic mass is 16.4. The van der Waals surface area contributed by atoms with Gasteiger partial charge in [0.1, 0.15) is 12.2 Å². The van der Waals surface area contributed by atoms with Gasteiger partial charge in [-0.1, -0.05) is 0 Å². The molecule has 60 valence electrons. The minimum absolute atomic E-state index is 0.0833. The van der Waals surface area contributed by atoms with E-state index in [0.29, 0.717) is 12.3 Å². The zero-order valence-corrected chi connectivity index (χ0v) is 5.91. The third kappa shape index (κ3) is 2.09. The number of nitrogens with two attached hydrogens (primary N) is 1. The van der Waals surface area contributed by atoms with E-state index >= 15 is 0 Å². The lowest BCUT2D eigenvalue weighted by molar-refractivity contribution is -0.136. The number of carboxylic acids is 1. The molecule has 0 bridgehead atoms. The fourth-order valence-corrected chi connectivity index (χ4v) is 0.775. The van der Waals surface area contributed by atoms with Crippen LogP contribution in [0.3, 0.4) is 0 Å². The largest absolute Gasteiger partial charge is 0.481 e. The highest BCUT2D eigenvalue weighted by molar-refractivity contribution is 5.69. The van der Waals surface area contributed by atoms with Crippen LogP contribution in [0.4, 0.5) is 0 Å². The van der Waals surface area contributed by atoms with Crippen molar-refractivity contribution in [3.63, 3.8) is 0 Å². The normalized spacial score (nSPS) is 9.91. The van der Waals surface area contributed by atoms with Gasteiger partial charge in [0, 0.05) is 12.1 Å². The molecule has 11 heavy (non-hydrogen) atoms. The SMILES string of the molecule is NCc1coc(CC(=O)O)c1. The number of carbonyl (C=O) groups is 1. The van der Waals surface area contributed by atoms with Crippen LogP contribution in [0.15, 0.2) is 16.7 Å². The van der Waals surface area contributed by atoms with Gasteiger partial charge in [-0.3, -0.25) is 4.79 Å². The number of aliphatic carboxylic acids is 1. The molecule has 0 aliphatic rings. The van der Waals surface area contributed by atoms with Crippen molar-refractivity contribution < 1.29 is 14.3 Å². The molecule has 0 radical (unpaired) electrons. The van der Waals surface area contributed by atoms with Crippen LogP contribution in [0.25, 0.3) is 0 Å². The topological polar surface area (TPSA) is 76.5 Å². The minimum Gasteiger partial charge on any atom is -0.481 e. The molecule has 1 heterocycles. The number of furan rings is 1. The third-order valence-corrected chi connectivity index (χ3v) is 1.27. The Kier molecular flexibility index (Phi) is 2.28. The lowest BCUT2D eigenvalue weighted by Crippen LogP contribution is -1.98. The molecule has 0 unspecified atom stereocenters. The maximum Gasteiger partial charge on any atom is 0.311 e. The molecular formula is C7H9NO3. The van der Waals surface area contributed by atoms with Crippen molar-refractivity contribution in [2.75, 3.05) is 0 Å². The van der Waals surface area contributed by atoms with Crippen LogP contribution in [0.5, 0.6) is 0 Å². The van der Waals surface area contributed by atoms with Gasteiger partial charge in [0.25, 0.3) is 0 Å². The van der Waals surface area contributed by atoms with E-state index in [-0.39, 0.29) is 6.42 Å². The standard InChI is InChI=1S/C7H9NO3/c8-3-5-1-6(11-4-5)2-7(9)10/h1,4H,2-3,8H2,(H,9,10). The van der Waals surface area contributed by atoms with Gasteiger partial charge in [-0.05, 0) is 6.07 Å². The molecule has 0 aliphatic carbocycles. The maximum absolute atomic E-state index is 10.2. The van der Waals surface area contributed by atoms with Crippen molar-refractivity contribution in [1.82, 2.24) is 0 Å². The van der Waals surface area contributed by atoms with Crippen LogP contribution in [-0.2, 0) is 17.8 Å². The second kappa shape index (κ2) is 3.21. The van der Waals surface area contributed by atoms with Gasteiger partial charge >= 0.3 is 5.97 Å². The van der Waals surface area contributed by atoms with Crippen LogP contribution in [0.1, 0.15) is 11.3 Å². The van der Waals surface area contributed by atoms with E-state index in [4.69, 9.17) is 15.3 Å². The van der Waals surface area contributed by atoms with E-state index < -0.39 is 5.97 Å². The summed E-state index contributed by atoms with van der Waals surface area (Å²) in [6, 6.07) is 1.65. The molecule has 0 fully saturated rings. The lowest BCUT2D eigenvalue weighted by atomic mass is 10.3.